The number of amides is 1. The number of morpholine rings is 1. The predicted octanol–water partition coefficient (Wildman–Crippen LogP) is 3.10. The number of carbonyl (C=O) groups excluding carboxylic acids is 1. The molecule has 1 saturated heterocycles. The lowest BCUT2D eigenvalue weighted by atomic mass is 10.1. The highest BCUT2D eigenvalue weighted by Gasteiger charge is 2.26. The van der Waals surface area contributed by atoms with Crippen molar-refractivity contribution in [2.24, 2.45) is 0 Å². The number of ether oxygens (including phenoxy) is 1. The number of carbonyl (C=O) groups is 1. The third-order valence-corrected chi connectivity index (χ3v) is 4.05. The quantitative estimate of drug-likeness (QED) is 0.851. The summed E-state index contributed by atoms with van der Waals surface area (Å²) in [6, 6.07) is 8.07. The van der Waals surface area contributed by atoms with Crippen molar-refractivity contribution in [3.8, 4) is 0 Å². The molecule has 0 spiro atoms. The lowest BCUT2D eigenvalue weighted by Crippen LogP contribution is -2.42. The summed E-state index contributed by atoms with van der Waals surface area (Å²) in [6.45, 7) is 1.59. The molecule has 0 aliphatic carbocycles. The van der Waals surface area contributed by atoms with Gasteiger partial charge in [0.2, 0.25) is 0 Å². The monoisotopic (exact) mass is 291 g/mol. The maximum atomic E-state index is 12.9. The predicted molar refractivity (Wildman–Crippen MR) is 75.3 cm³/mol. The van der Waals surface area contributed by atoms with Crippen molar-refractivity contribution >= 4 is 17.2 Å². The molecule has 5 heteroatoms. The number of hydrogen-bond donors (Lipinski definition) is 0. The Labute approximate surface area is 120 Å². The molecule has 0 bridgehead atoms. The summed E-state index contributed by atoms with van der Waals surface area (Å²) < 4.78 is 18.6. The van der Waals surface area contributed by atoms with Gasteiger partial charge in [-0.1, -0.05) is 12.1 Å². The van der Waals surface area contributed by atoms with Crippen molar-refractivity contribution in [2.75, 3.05) is 19.7 Å². The highest BCUT2D eigenvalue weighted by molar-refractivity contribution is 7.08. The van der Waals surface area contributed by atoms with E-state index in [0.717, 1.165) is 11.1 Å². The van der Waals surface area contributed by atoms with Crippen LogP contribution in [0.3, 0.4) is 0 Å². The van der Waals surface area contributed by atoms with E-state index in [9.17, 15) is 9.18 Å². The molecule has 1 aromatic carbocycles. The molecular formula is C15H14FNO2S. The lowest BCUT2D eigenvalue weighted by molar-refractivity contribution is -0.0228. The van der Waals surface area contributed by atoms with Crippen molar-refractivity contribution in [1.29, 1.82) is 0 Å². The third kappa shape index (κ3) is 2.73. The molecule has 0 N–H and O–H groups in total. The highest BCUT2D eigenvalue weighted by Crippen LogP contribution is 2.23. The summed E-state index contributed by atoms with van der Waals surface area (Å²) >= 11 is 1.51. The molecule has 1 amide bonds. The molecule has 20 heavy (non-hydrogen) atoms. The van der Waals surface area contributed by atoms with E-state index in [1.54, 1.807) is 17.0 Å². The van der Waals surface area contributed by atoms with Gasteiger partial charge in [0, 0.05) is 11.9 Å². The minimum absolute atomic E-state index is 0.0293. The Balaban J connectivity index is 1.73. The van der Waals surface area contributed by atoms with Crippen molar-refractivity contribution < 1.29 is 13.9 Å². The maximum absolute atomic E-state index is 12.9. The second-order valence-corrected chi connectivity index (χ2v) is 5.45. The zero-order valence-electron chi connectivity index (χ0n) is 10.8. The van der Waals surface area contributed by atoms with Crippen molar-refractivity contribution in [1.82, 2.24) is 4.90 Å². The molecule has 1 aromatic heterocycles. The van der Waals surface area contributed by atoms with Gasteiger partial charge in [0.05, 0.1) is 18.7 Å². The molecule has 1 unspecified atom stereocenters. The van der Waals surface area contributed by atoms with Crippen LogP contribution < -0.4 is 0 Å². The SMILES string of the molecule is O=C(c1ccsc1)N1CCOC(c2ccc(F)cc2)C1. The second kappa shape index (κ2) is 5.73. The van der Waals surface area contributed by atoms with E-state index in [0.29, 0.717) is 19.7 Å². The van der Waals surface area contributed by atoms with Crippen molar-refractivity contribution in [2.45, 2.75) is 6.10 Å². The highest BCUT2D eigenvalue weighted by atomic mass is 32.1. The number of nitrogens with zero attached hydrogens (tertiary/aromatic N) is 1. The fraction of sp³-hybridized carbons (Fsp3) is 0.267. The molecule has 3 rings (SSSR count). The maximum Gasteiger partial charge on any atom is 0.254 e. The average Bonchev–Trinajstić information content (AvgIpc) is 3.01. The molecule has 104 valence electrons. The molecule has 0 saturated carbocycles. The Hall–Kier alpha value is -1.72. The zero-order chi connectivity index (χ0) is 13.9. The van der Waals surface area contributed by atoms with Crippen LogP contribution in [0, 0.1) is 5.82 Å². The molecule has 1 atom stereocenters. The minimum Gasteiger partial charge on any atom is -0.370 e. The first-order valence-electron chi connectivity index (χ1n) is 6.42. The normalized spacial score (nSPS) is 19.1. The summed E-state index contributed by atoms with van der Waals surface area (Å²) in [6.07, 6.45) is -0.188. The Bertz CT molecular complexity index is 582. The van der Waals surface area contributed by atoms with E-state index >= 15 is 0 Å². The largest absolute Gasteiger partial charge is 0.370 e. The second-order valence-electron chi connectivity index (χ2n) is 4.67. The number of halogens is 1. The first kappa shape index (κ1) is 13.3. The van der Waals surface area contributed by atoms with Crippen LogP contribution in [-0.2, 0) is 4.74 Å². The third-order valence-electron chi connectivity index (χ3n) is 3.36. The standard InChI is InChI=1S/C15H14FNO2S/c16-13-3-1-11(2-4-13)14-9-17(6-7-19-14)15(18)12-5-8-20-10-12/h1-5,8,10,14H,6-7,9H2. The van der Waals surface area contributed by atoms with Crippen LogP contribution >= 0.6 is 11.3 Å². The Kier molecular flexibility index (Phi) is 3.80. The number of rotatable bonds is 2. The van der Waals surface area contributed by atoms with Gasteiger partial charge in [-0.2, -0.15) is 11.3 Å². The molecule has 0 radical (unpaired) electrons. The van der Waals surface area contributed by atoms with E-state index < -0.39 is 0 Å². The van der Waals surface area contributed by atoms with E-state index in [4.69, 9.17) is 4.74 Å². The summed E-state index contributed by atoms with van der Waals surface area (Å²) in [5.74, 6) is -0.238. The van der Waals surface area contributed by atoms with E-state index in [1.807, 2.05) is 16.8 Å². The topological polar surface area (TPSA) is 29.5 Å². The van der Waals surface area contributed by atoms with Gasteiger partial charge in [-0.05, 0) is 29.1 Å². The average molecular weight is 291 g/mol. The van der Waals surface area contributed by atoms with Crippen LogP contribution in [0.25, 0.3) is 0 Å². The van der Waals surface area contributed by atoms with E-state index in [2.05, 4.69) is 0 Å². The van der Waals surface area contributed by atoms with Crippen LogP contribution in [0.4, 0.5) is 4.39 Å². The van der Waals surface area contributed by atoms with Crippen LogP contribution in [0.2, 0.25) is 0 Å². The fourth-order valence-corrected chi connectivity index (χ4v) is 2.91. The Morgan fingerprint density at radius 2 is 2.10 bits per heavy atom. The Morgan fingerprint density at radius 3 is 2.80 bits per heavy atom. The molecular weight excluding hydrogens is 277 g/mol. The van der Waals surface area contributed by atoms with Crippen molar-refractivity contribution in [3.05, 3.63) is 58.0 Å². The summed E-state index contributed by atoms with van der Waals surface area (Å²) in [7, 11) is 0. The van der Waals surface area contributed by atoms with Gasteiger partial charge >= 0.3 is 0 Å². The molecule has 1 aliphatic heterocycles. The summed E-state index contributed by atoms with van der Waals surface area (Å²) in [5.41, 5.74) is 1.61. The van der Waals surface area contributed by atoms with E-state index in [1.165, 1.54) is 23.5 Å². The first-order valence-corrected chi connectivity index (χ1v) is 7.37. The summed E-state index contributed by atoms with van der Waals surface area (Å²) in [5, 5.41) is 3.75. The van der Waals surface area contributed by atoms with Gasteiger partial charge in [0.15, 0.2) is 0 Å². The van der Waals surface area contributed by atoms with Gasteiger partial charge in [0.25, 0.3) is 5.91 Å². The van der Waals surface area contributed by atoms with Gasteiger partial charge in [-0.25, -0.2) is 4.39 Å². The van der Waals surface area contributed by atoms with Gasteiger partial charge < -0.3 is 9.64 Å². The zero-order valence-corrected chi connectivity index (χ0v) is 11.6. The minimum atomic E-state index is -0.268. The molecule has 2 aromatic rings. The van der Waals surface area contributed by atoms with E-state index in [-0.39, 0.29) is 17.8 Å². The van der Waals surface area contributed by atoms with Crippen molar-refractivity contribution in [3.63, 3.8) is 0 Å². The molecule has 3 nitrogen and oxygen atoms in total. The first-order chi connectivity index (χ1) is 9.74. The van der Waals surface area contributed by atoms with Crippen LogP contribution in [-0.4, -0.2) is 30.5 Å². The molecule has 2 heterocycles. The molecule has 1 aliphatic rings. The Morgan fingerprint density at radius 1 is 1.30 bits per heavy atom. The van der Waals surface area contributed by atoms with Gasteiger partial charge in [-0.15, -0.1) is 0 Å². The van der Waals surface area contributed by atoms with Gasteiger partial charge in [-0.3, -0.25) is 4.79 Å². The smallest absolute Gasteiger partial charge is 0.254 e. The van der Waals surface area contributed by atoms with Gasteiger partial charge in [0.1, 0.15) is 11.9 Å². The van der Waals surface area contributed by atoms with Crippen LogP contribution in [0.15, 0.2) is 41.1 Å². The van der Waals surface area contributed by atoms with Crippen LogP contribution in [0.5, 0.6) is 0 Å². The number of benzene rings is 1. The fourth-order valence-electron chi connectivity index (χ4n) is 2.28. The number of hydrogen-bond acceptors (Lipinski definition) is 3. The molecule has 1 fully saturated rings. The van der Waals surface area contributed by atoms with Crippen LogP contribution in [0.1, 0.15) is 22.0 Å². The lowest BCUT2D eigenvalue weighted by Gasteiger charge is -2.33. The number of thiophene rings is 1. The summed E-state index contributed by atoms with van der Waals surface area (Å²) in [4.78, 5) is 14.1.